The average molecular weight is 250 g/mol. The number of hydrogen-bond acceptors (Lipinski definition) is 3. The molecule has 1 rings (SSSR count). The van der Waals surface area contributed by atoms with Crippen LogP contribution in [0.15, 0.2) is 18.3 Å². The van der Waals surface area contributed by atoms with Crippen molar-refractivity contribution in [2.45, 2.75) is 19.5 Å². The van der Waals surface area contributed by atoms with Crippen molar-refractivity contribution in [1.29, 1.82) is 0 Å². The molecule has 0 spiro atoms. The summed E-state index contributed by atoms with van der Waals surface area (Å²) in [5.74, 6) is -0.181. The molecule has 1 atom stereocenters. The van der Waals surface area contributed by atoms with Crippen LogP contribution in [0.5, 0.6) is 0 Å². The lowest BCUT2D eigenvalue weighted by Crippen LogP contribution is -2.37. The number of hydrogen-bond donors (Lipinski definition) is 2. The summed E-state index contributed by atoms with van der Waals surface area (Å²) < 4.78 is 0. The van der Waals surface area contributed by atoms with Crippen LogP contribution in [-0.4, -0.2) is 16.9 Å². The molecule has 0 aliphatic heterocycles. The van der Waals surface area contributed by atoms with E-state index in [-0.39, 0.29) is 18.3 Å². The number of nitrogens with two attached hydrogens (primary N) is 1. The van der Waals surface area contributed by atoms with Crippen LogP contribution in [0, 0.1) is 0 Å². The number of carbonyl (C=O) groups is 1. The van der Waals surface area contributed by atoms with Crippen molar-refractivity contribution in [1.82, 2.24) is 10.3 Å². The maximum Gasteiger partial charge on any atom is 0.236 e. The summed E-state index contributed by atoms with van der Waals surface area (Å²) in [6.45, 7) is 2.06. The van der Waals surface area contributed by atoms with Crippen LogP contribution in [0.2, 0.25) is 5.15 Å². The number of pyridine rings is 1. The fourth-order valence-corrected chi connectivity index (χ4v) is 0.973. The Bertz CT molecular complexity index is 314. The topological polar surface area (TPSA) is 68.0 Å². The van der Waals surface area contributed by atoms with Gasteiger partial charge >= 0.3 is 0 Å². The highest BCUT2D eigenvalue weighted by atomic mass is 35.5. The predicted octanol–water partition coefficient (Wildman–Crippen LogP) is 1.12. The summed E-state index contributed by atoms with van der Waals surface area (Å²) in [5.41, 5.74) is 6.27. The minimum Gasteiger partial charge on any atom is -0.351 e. The lowest BCUT2D eigenvalue weighted by molar-refractivity contribution is -0.122. The first-order valence-corrected chi connectivity index (χ1v) is 4.61. The summed E-state index contributed by atoms with van der Waals surface area (Å²) in [7, 11) is 0. The molecule has 15 heavy (non-hydrogen) atoms. The van der Waals surface area contributed by atoms with Gasteiger partial charge in [0.1, 0.15) is 5.15 Å². The van der Waals surface area contributed by atoms with E-state index in [9.17, 15) is 4.79 Å². The molecule has 6 heteroatoms. The summed E-state index contributed by atoms with van der Waals surface area (Å²) in [4.78, 5) is 15.0. The highest BCUT2D eigenvalue weighted by Gasteiger charge is 2.05. The molecule has 1 heterocycles. The van der Waals surface area contributed by atoms with Gasteiger partial charge in [0.25, 0.3) is 0 Å². The third-order valence-electron chi connectivity index (χ3n) is 1.67. The van der Waals surface area contributed by atoms with Crippen LogP contribution in [0.3, 0.4) is 0 Å². The number of halogens is 2. The molecule has 0 saturated carbocycles. The zero-order valence-electron chi connectivity index (χ0n) is 8.24. The standard InChI is InChI=1S/C9H12ClN3O.ClH/c1-6(11)9(14)13-5-7-2-3-8(10)12-4-7;/h2-4,6H,5,11H2,1H3,(H,13,14);1H/t6-;/m0./s1. The zero-order chi connectivity index (χ0) is 10.6. The van der Waals surface area contributed by atoms with Gasteiger partial charge in [0.05, 0.1) is 6.04 Å². The van der Waals surface area contributed by atoms with Crippen LogP contribution in [0.1, 0.15) is 12.5 Å². The highest BCUT2D eigenvalue weighted by molar-refractivity contribution is 6.29. The summed E-state index contributed by atoms with van der Waals surface area (Å²) in [6, 6.07) is 2.99. The fourth-order valence-electron chi connectivity index (χ4n) is 0.861. The third-order valence-corrected chi connectivity index (χ3v) is 1.89. The molecule has 0 aliphatic rings. The number of nitrogens with zero attached hydrogens (tertiary/aromatic N) is 1. The predicted molar refractivity (Wildman–Crippen MR) is 62.0 cm³/mol. The largest absolute Gasteiger partial charge is 0.351 e. The normalized spacial score (nSPS) is 11.4. The van der Waals surface area contributed by atoms with E-state index in [0.29, 0.717) is 11.7 Å². The van der Waals surface area contributed by atoms with Crippen molar-refractivity contribution in [3.05, 3.63) is 29.0 Å². The first kappa shape index (κ1) is 14.2. The van der Waals surface area contributed by atoms with Crippen molar-refractivity contribution in [3.8, 4) is 0 Å². The van der Waals surface area contributed by atoms with Crippen molar-refractivity contribution >= 4 is 29.9 Å². The van der Waals surface area contributed by atoms with Crippen LogP contribution < -0.4 is 11.1 Å². The monoisotopic (exact) mass is 249 g/mol. The maximum absolute atomic E-state index is 11.1. The molecule has 1 aromatic rings. The van der Waals surface area contributed by atoms with Gasteiger partial charge in [-0.2, -0.15) is 0 Å². The fraction of sp³-hybridized carbons (Fsp3) is 0.333. The van der Waals surface area contributed by atoms with Crippen LogP contribution in [0.25, 0.3) is 0 Å². The molecule has 0 radical (unpaired) electrons. The van der Waals surface area contributed by atoms with Crippen molar-refractivity contribution in [2.75, 3.05) is 0 Å². The van der Waals surface area contributed by atoms with Gasteiger partial charge in [0.15, 0.2) is 0 Å². The van der Waals surface area contributed by atoms with Crippen LogP contribution in [-0.2, 0) is 11.3 Å². The SMILES string of the molecule is C[C@H](N)C(=O)NCc1ccc(Cl)nc1.Cl. The van der Waals surface area contributed by atoms with Gasteiger partial charge < -0.3 is 11.1 Å². The van der Waals surface area contributed by atoms with Gasteiger partial charge in [0, 0.05) is 12.7 Å². The quantitative estimate of drug-likeness (QED) is 0.790. The van der Waals surface area contributed by atoms with E-state index in [2.05, 4.69) is 10.3 Å². The smallest absolute Gasteiger partial charge is 0.236 e. The second kappa shape index (κ2) is 6.61. The Morgan fingerprint density at radius 3 is 2.80 bits per heavy atom. The summed E-state index contributed by atoms with van der Waals surface area (Å²) >= 11 is 5.61. The van der Waals surface area contributed by atoms with Gasteiger partial charge in [-0.25, -0.2) is 4.98 Å². The zero-order valence-corrected chi connectivity index (χ0v) is 9.81. The molecule has 84 valence electrons. The molecule has 0 aromatic carbocycles. The first-order chi connectivity index (χ1) is 6.59. The van der Waals surface area contributed by atoms with E-state index in [1.54, 1.807) is 25.3 Å². The molecule has 0 saturated heterocycles. The van der Waals surface area contributed by atoms with Gasteiger partial charge in [-0.3, -0.25) is 4.79 Å². The maximum atomic E-state index is 11.1. The first-order valence-electron chi connectivity index (χ1n) is 4.23. The van der Waals surface area contributed by atoms with E-state index >= 15 is 0 Å². The van der Waals surface area contributed by atoms with Gasteiger partial charge in [-0.15, -0.1) is 12.4 Å². The minimum absolute atomic E-state index is 0. The van der Waals surface area contributed by atoms with Crippen molar-refractivity contribution < 1.29 is 4.79 Å². The Hall–Kier alpha value is -0.840. The Balaban J connectivity index is 0.00000196. The molecule has 1 aromatic heterocycles. The van der Waals surface area contributed by atoms with E-state index in [0.717, 1.165) is 5.56 Å². The number of rotatable bonds is 3. The molecular weight excluding hydrogens is 237 g/mol. The van der Waals surface area contributed by atoms with Gasteiger partial charge in [-0.05, 0) is 18.6 Å². The summed E-state index contributed by atoms with van der Waals surface area (Å²) in [5, 5.41) is 3.11. The Labute approximate surface area is 99.6 Å². The van der Waals surface area contributed by atoms with E-state index in [1.165, 1.54) is 0 Å². The Kier molecular flexibility index (Phi) is 6.24. The van der Waals surface area contributed by atoms with Crippen molar-refractivity contribution in [3.63, 3.8) is 0 Å². The average Bonchev–Trinajstić information content (AvgIpc) is 2.16. The molecule has 0 unspecified atom stereocenters. The third kappa shape index (κ3) is 4.97. The van der Waals surface area contributed by atoms with E-state index in [4.69, 9.17) is 17.3 Å². The Morgan fingerprint density at radius 2 is 2.33 bits per heavy atom. The van der Waals surface area contributed by atoms with Gasteiger partial charge in [0.2, 0.25) is 5.91 Å². The van der Waals surface area contributed by atoms with E-state index in [1.807, 2.05) is 0 Å². The lowest BCUT2D eigenvalue weighted by Gasteiger charge is -2.07. The van der Waals surface area contributed by atoms with Gasteiger partial charge in [-0.1, -0.05) is 17.7 Å². The molecule has 0 aliphatic carbocycles. The molecule has 1 amide bonds. The number of aromatic nitrogens is 1. The number of carbonyl (C=O) groups excluding carboxylic acids is 1. The molecular formula is C9H13Cl2N3O. The summed E-state index contributed by atoms with van der Waals surface area (Å²) in [6.07, 6.45) is 1.61. The number of amides is 1. The second-order valence-corrected chi connectivity index (χ2v) is 3.38. The minimum atomic E-state index is -0.491. The number of nitrogens with one attached hydrogen (secondary N) is 1. The van der Waals surface area contributed by atoms with Crippen molar-refractivity contribution in [2.24, 2.45) is 5.73 Å². The lowest BCUT2D eigenvalue weighted by atomic mass is 10.2. The molecule has 4 nitrogen and oxygen atoms in total. The molecule has 3 N–H and O–H groups in total. The molecule has 0 fully saturated rings. The van der Waals surface area contributed by atoms with Crippen LogP contribution in [0.4, 0.5) is 0 Å². The second-order valence-electron chi connectivity index (χ2n) is 3.00. The van der Waals surface area contributed by atoms with E-state index < -0.39 is 6.04 Å². The van der Waals surface area contributed by atoms with Crippen LogP contribution >= 0.6 is 24.0 Å². The highest BCUT2D eigenvalue weighted by Crippen LogP contribution is 2.04. The Morgan fingerprint density at radius 1 is 1.67 bits per heavy atom. The molecule has 0 bridgehead atoms.